The molecule has 0 aliphatic carbocycles. The minimum Gasteiger partial charge on any atom is -0.504 e. The lowest BCUT2D eigenvalue weighted by atomic mass is 10.2. The number of aromatic nitrogens is 2. The summed E-state index contributed by atoms with van der Waals surface area (Å²) in [6.07, 6.45) is 1.65. The minimum atomic E-state index is 0.0628. The third-order valence-electron chi connectivity index (χ3n) is 3.32. The van der Waals surface area contributed by atoms with Crippen LogP contribution in [0.2, 0.25) is 5.02 Å². The number of rotatable bonds is 3. The lowest BCUT2D eigenvalue weighted by Gasteiger charge is -2.10. The second-order valence-corrected chi connectivity index (χ2v) is 5.30. The molecule has 0 saturated heterocycles. The maximum atomic E-state index is 9.77. The highest BCUT2D eigenvalue weighted by molar-refractivity contribution is 6.30. The Morgan fingerprint density at radius 2 is 2.05 bits per heavy atom. The van der Waals surface area contributed by atoms with Crippen molar-refractivity contribution in [2.75, 3.05) is 12.4 Å². The van der Waals surface area contributed by atoms with E-state index in [-0.39, 0.29) is 5.75 Å². The van der Waals surface area contributed by atoms with Crippen LogP contribution in [0.3, 0.4) is 0 Å². The van der Waals surface area contributed by atoms with Gasteiger partial charge in [-0.2, -0.15) is 0 Å². The molecular formula is C16H14ClN3O2. The van der Waals surface area contributed by atoms with Crippen molar-refractivity contribution in [3.63, 3.8) is 0 Å². The Morgan fingerprint density at radius 1 is 1.23 bits per heavy atom. The number of fused-ring (bicyclic) bond motifs is 1. The van der Waals surface area contributed by atoms with Gasteiger partial charge in [-0.3, -0.25) is 0 Å². The Kier molecular flexibility index (Phi) is 3.73. The lowest BCUT2D eigenvalue weighted by Crippen LogP contribution is -1.99. The maximum absolute atomic E-state index is 9.77. The summed E-state index contributed by atoms with van der Waals surface area (Å²) in [5.74, 6) is 0.901. The van der Waals surface area contributed by atoms with E-state index < -0.39 is 0 Å². The number of ether oxygens (including phenoxy) is 1. The number of aromatic hydroxyl groups is 1. The Morgan fingerprint density at radius 3 is 2.77 bits per heavy atom. The van der Waals surface area contributed by atoms with Gasteiger partial charge >= 0.3 is 0 Å². The highest BCUT2D eigenvalue weighted by atomic mass is 35.5. The first-order chi connectivity index (χ1) is 10.6. The first-order valence-electron chi connectivity index (χ1n) is 6.64. The van der Waals surface area contributed by atoms with Gasteiger partial charge in [0.1, 0.15) is 0 Å². The van der Waals surface area contributed by atoms with Gasteiger partial charge in [-0.15, -0.1) is 0 Å². The molecule has 0 radical (unpaired) electrons. The van der Waals surface area contributed by atoms with Crippen LogP contribution in [-0.4, -0.2) is 22.2 Å². The van der Waals surface area contributed by atoms with Crippen LogP contribution < -0.4 is 10.1 Å². The van der Waals surface area contributed by atoms with Gasteiger partial charge in [0, 0.05) is 28.4 Å². The number of methoxy groups -OCH3 is 1. The van der Waals surface area contributed by atoms with Crippen molar-refractivity contribution in [3.8, 4) is 11.5 Å². The number of phenolic OH excluding ortho intramolecular Hbond substituents is 1. The van der Waals surface area contributed by atoms with E-state index >= 15 is 0 Å². The molecular weight excluding hydrogens is 302 g/mol. The van der Waals surface area contributed by atoms with Crippen LogP contribution in [-0.2, 0) is 0 Å². The Balaban J connectivity index is 1.99. The molecule has 3 rings (SSSR count). The van der Waals surface area contributed by atoms with E-state index in [1.807, 2.05) is 19.1 Å². The fraction of sp³-hybridized carbons (Fsp3) is 0.125. The van der Waals surface area contributed by atoms with Crippen LogP contribution in [0, 0.1) is 6.92 Å². The zero-order valence-corrected chi connectivity index (χ0v) is 12.8. The summed E-state index contributed by atoms with van der Waals surface area (Å²) in [7, 11) is 1.50. The molecule has 1 heterocycles. The number of halogens is 1. The van der Waals surface area contributed by atoms with E-state index in [9.17, 15) is 5.11 Å². The molecule has 0 amide bonds. The van der Waals surface area contributed by atoms with Gasteiger partial charge in [0.05, 0.1) is 12.6 Å². The molecule has 0 aliphatic rings. The Hall–Kier alpha value is -2.53. The van der Waals surface area contributed by atoms with Gasteiger partial charge in [-0.05, 0) is 36.8 Å². The third-order valence-corrected chi connectivity index (χ3v) is 3.55. The predicted molar refractivity (Wildman–Crippen MR) is 87.2 cm³/mol. The highest BCUT2D eigenvalue weighted by Gasteiger charge is 2.08. The SMILES string of the molecule is COc1cc2nc(Nc3ccc(Cl)cc3C)ncc2cc1O. The van der Waals surface area contributed by atoms with Crippen LogP contribution in [0.1, 0.15) is 5.56 Å². The van der Waals surface area contributed by atoms with Crippen LogP contribution in [0.4, 0.5) is 11.6 Å². The molecule has 0 unspecified atom stereocenters. The van der Waals surface area contributed by atoms with E-state index in [0.29, 0.717) is 22.2 Å². The average Bonchev–Trinajstić information content (AvgIpc) is 2.49. The molecule has 0 aliphatic heterocycles. The number of benzene rings is 2. The standard InChI is InChI=1S/C16H14ClN3O2/c1-9-5-11(17)3-4-12(9)19-16-18-8-10-6-14(21)15(22-2)7-13(10)20-16/h3-8,21H,1-2H3,(H,18,19,20). The highest BCUT2D eigenvalue weighted by Crippen LogP contribution is 2.30. The summed E-state index contributed by atoms with van der Waals surface area (Å²) in [5, 5.41) is 14.3. The van der Waals surface area contributed by atoms with Crippen molar-refractivity contribution < 1.29 is 9.84 Å². The quantitative estimate of drug-likeness (QED) is 0.763. The summed E-state index contributed by atoms with van der Waals surface area (Å²) in [6.45, 7) is 1.95. The van der Waals surface area contributed by atoms with Crippen molar-refractivity contribution in [2.24, 2.45) is 0 Å². The molecule has 2 aromatic carbocycles. The Labute approximate surface area is 132 Å². The van der Waals surface area contributed by atoms with Gasteiger partial charge in [-0.25, -0.2) is 9.97 Å². The normalized spacial score (nSPS) is 10.7. The van der Waals surface area contributed by atoms with Crippen molar-refractivity contribution in [2.45, 2.75) is 6.92 Å². The predicted octanol–water partition coefficient (Wildman–Crippen LogP) is 4.05. The van der Waals surface area contributed by atoms with E-state index in [2.05, 4.69) is 15.3 Å². The molecule has 0 spiro atoms. The first-order valence-corrected chi connectivity index (χ1v) is 7.01. The van der Waals surface area contributed by atoms with E-state index in [1.54, 1.807) is 24.4 Å². The Bertz CT molecular complexity index is 852. The summed E-state index contributed by atoms with van der Waals surface area (Å²) < 4.78 is 5.10. The molecule has 1 aromatic heterocycles. The number of hydrogen-bond acceptors (Lipinski definition) is 5. The van der Waals surface area contributed by atoms with E-state index in [1.165, 1.54) is 7.11 Å². The summed E-state index contributed by atoms with van der Waals surface area (Å²) in [5.41, 5.74) is 2.56. The number of hydrogen-bond donors (Lipinski definition) is 2. The number of anilines is 2. The second kappa shape index (κ2) is 5.69. The second-order valence-electron chi connectivity index (χ2n) is 4.86. The average molecular weight is 316 g/mol. The number of nitrogens with zero attached hydrogens (tertiary/aromatic N) is 2. The molecule has 0 saturated carbocycles. The summed E-state index contributed by atoms with van der Waals surface area (Å²) in [4.78, 5) is 8.69. The molecule has 2 N–H and O–H groups in total. The molecule has 112 valence electrons. The first kappa shape index (κ1) is 14.4. The van der Waals surface area contributed by atoms with Crippen LogP contribution >= 0.6 is 11.6 Å². The van der Waals surface area contributed by atoms with Crippen LogP contribution in [0.25, 0.3) is 10.9 Å². The van der Waals surface area contributed by atoms with Crippen molar-refractivity contribution in [3.05, 3.63) is 47.1 Å². The molecule has 3 aromatic rings. The van der Waals surface area contributed by atoms with E-state index in [4.69, 9.17) is 16.3 Å². The van der Waals surface area contributed by atoms with Crippen molar-refractivity contribution in [1.82, 2.24) is 9.97 Å². The molecule has 22 heavy (non-hydrogen) atoms. The molecule has 6 heteroatoms. The molecule has 5 nitrogen and oxygen atoms in total. The molecule has 0 atom stereocenters. The largest absolute Gasteiger partial charge is 0.504 e. The fourth-order valence-corrected chi connectivity index (χ4v) is 2.39. The zero-order valence-electron chi connectivity index (χ0n) is 12.1. The third kappa shape index (κ3) is 2.76. The topological polar surface area (TPSA) is 67.3 Å². The lowest BCUT2D eigenvalue weighted by molar-refractivity contribution is 0.374. The van der Waals surface area contributed by atoms with Crippen molar-refractivity contribution >= 4 is 34.1 Å². The van der Waals surface area contributed by atoms with Crippen molar-refractivity contribution in [1.29, 1.82) is 0 Å². The monoisotopic (exact) mass is 315 g/mol. The van der Waals surface area contributed by atoms with E-state index in [0.717, 1.165) is 16.6 Å². The van der Waals surface area contributed by atoms with Gasteiger partial charge in [-0.1, -0.05) is 11.6 Å². The van der Waals surface area contributed by atoms with Gasteiger partial charge in [0.25, 0.3) is 0 Å². The minimum absolute atomic E-state index is 0.0628. The van der Waals surface area contributed by atoms with Crippen LogP contribution in [0.15, 0.2) is 36.5 Å². The smallest absolute Gasteiger partial charge is 0.227 e. The molecule has 0 bridgehead atoms. The summed E-state index contributed by atoms with van der Waals surface area (Å²) >= 11 is 5.95. The zero-order chi connectivity index (χ0) is 15.7. The number of nitrogens with one attached hydrogen (secondary N) is 1. The van der Waals surface area contributed by atoms with Gasteiger partial charge in [0.15, 0.2) is 11.5 Å². The van der Waals surface area contributed by atoms with Crippen LogP contribution in [0.5, 0.6) is 11.5 Å². The number of phenols is 1. The molecule has 0 fully saturated rings. The number of aryl methyl sites for hydroxylation is 1. The van der Waals surface area contributed by atoms with Gasteiger partial charge in [0.2, 0.25) is 5.95 Å². The fourth-order valence-electron chi connectivity index (χ4n) is 2.16. The summed E-state index contributed by atoms with van der Waals surface area (Å²) in [6, 6.07) is 8.80. The maximum Gasteiger partial charge on any atom is 0.227 e. The van der Waals surface area contributed by atoms with Gasteiger partial charge < -0.3 is 15.2 Å².